The number of halogens is 3. The van der Waals surface area contributed by atoms with E-state index in [0.29, 0.717) is 5.56 Å². The van der Waals surface area contributed by atoms with Gasteiger partial charge in [-0.05, 0) is 23.3 Å². The number of H-pyrrole nitrogens is 1. The van der Waals surface area contributed by atoms with E-state index < -0.39 is 11.7 Å². The van der Waals surface area contributed by atoms with E-state index in [1.54, 1.807) is 12.1 Å². The Labute approximate surface area is 126 Å². The molecular formula is C18H14F3N. The Balaban J connectivity index is 2.10. The van der Waals surface area contributed by atoms with Crippen molar-refractivity contribution in [1.29, 1.82) is 0 Å². The molecule has 0 saturated heterocycles. The molecule has 0 amide bonds. The van der Waals surface area contributed by atoms with E-state index in [4.69, 9.17) is 0 Å². The number of rotatable bonds is 3. The van der Waals surface area contributed by atoms with Gasteiger partial charge in [0.05, 0.1) is 5.56 Å². The second-order valence-corrected chi connectivity index (χ2v) is 5.13. The lowest BCUT2D eigenvalue weighted by Crippen LogP contribution is -2.06. The quantitative estimate of drug-likeness (QED) is 0.614. The van der Waals surface area contributed by atoms with Crippen LogP contribution in [0.3, 0.4) is 0 Å². The molecule has 0 aliphatic rings. The average Bonchev–Trinajstić information content (AvgIpc) is 2.92. The maximum Gasteiger partial charge on any atom is 0.416 e. The molecule has 3 aromatic rings. The molecule has 1 N–H and O–H groups in total. The maximum absolute atomic E-state index is 12.9. The topological polar surface area (TPSA) is 15.8 Å². The third-order valence-corrected chi connectivity index (χ3v) is 3.77. The second kappa shape index (κ2) is 5.37. The molecule has 3 rings (SSSR count). The zero-order valence-electron chi connectivity index (χ0n) is 11.7. The highest BCUT2D eigenvalue weighted by Gasteiger charge is 2.31. The molecule has 1 heterocycles. The Morgan fingerprint density at radius 2 is 1.82 bits per heavy atom. The monoisotopic (exact) mass is 301 g/mol. The Morgan fingerprint density at radius 3 is 2.55 bits per heavy atom. The molecule has 0 radical (unpaired) electrons. The summed E-state index contributed by atoms with van der Waals surface area (Å²) < 4.78 is 38.7. The molecule has 0 spiro atoms. The van der Waals surface area contributed by atoms with Gasteiger partial charge in [0, 0.05) is 23.0 Å². The molecule has 22 heavy (non-hydrogen) atoms. The Morgan fingerprint density at radius 1 is 1.05 bits per heavy atom. The number of alkyl halides is 3. The van der Waals surface area contributed by atoms with Crippen LogP contribution in [0.4, 0.5) is 13.2 Å². The van der Waals surface area contributed by atoms with E-state index in [2.05, 4.69) is 11.6 Å². The molecule has 0 saturated carbocycles. The number of para-hydroxylation sites is 1. The van der Waals surface area contributed by atoms with Gasteiger partial charge in [0.2, 0.25) is 0 Å². The molecule has 1 aromatic heterocycles. The van der Waals surface area contributed by atoms with Crippen molar-refractivity contribution >= 4 is 10.9 Å². The van der Waals surface area contributed by atoms with Gasteiger partial charge in [0.25, 0.3) is 0 Å². The summed E-state index contributed by atoms with van der Waals surface area (Å²) in [5.74, 6) is -0.293. The Bertz CT molecular complexity index is 814. The maximum atomic E-state index is 12.9. The third kappa shape index (κ3) is 2.52. The van der Waals surface area contributed by atoms with Crippen molar-refractivity contribution in [2.75, 3.05) is 0 Å². The van der Waals surface area contributed by atoms with Crippen LogP contribution in [0, 0.1) is 0 Å². The number of benzene rings is 2. The third-order valence-electron chi connectivity index (χ3n) is 3.77. The van der Waals surface area contributed by atoms with E-state index in [0.717, 1.165) is 22.5 Å². The van der Waals surface area contributed by atoms with Crippen LogP contribution < -0.4 is 0 Å². The van der Waals surface area contributed by atoms with Gasteiger partial charge < -0.3 is 4.98 Å². The minimum Gasteiger partial charge on any atom is -0.361 e. The van der Waals surface area contributed by atoms with Crippen molar-refractivity contribution in [3.05, 3.63) is 84.1 Å². The van der Waals surface area contributed by atoms with Gasteiger partial charge in [-0.25, -0.2) is 0 Å². The van der Waals surface area contributed by atoms with Gasteiger partial charge in [0.1, 0.15) is 0 Å². The Kier molecular flexibility index (Phi) is 3.53. The van der Waals surface area contributed by atoms with Gasteiger partial charge in [-0.1, -0.05) is 42.5 Å². The molecule has 1 unspecified atom stereocenters. The minimum absolute atomic E-state index is 0.293. The van der Waals surface area contributed by atoms with Crippen LogP contribution in [0.25, 0.3) is 10.9 Å². The van der Waals surface area contributed by atoms with Crippen LogP contribution in [0.2, 0.25) is 0 Å². The fraction of sp³-hybridized carbons (Fsp3) is 0.111. The molecule has 1 atom stereocenters. The lowest BCUT2D eigenvalue weighted by Gasteiger charge is -2.15. The number of fused-ring (bicyclic) bond motifs is 1. The number of hydrogen-bond acceptors (Lipinski definition) is 0. The average molecular weight is 301 g/mol. The zero-order chi connectivity index (χ0) is 15.7. The van der Waals surface area contributed by atoms with E-state index in [9.17, 15) is 13.2 Å². The van der Waals surface area contributed by atoms with Crippen molar-refractivity contribution in [3.8, 4) is 0 Å². The molecule has 2 aromatic carbocycles. The summed E-state index contributed by atoms with van der Waals surface area (Å²) in [7, 11) is 0. The van der Waals surface area contributed by atoms with Crippen molar-refractivity contribution < 1.29 is 13.2 Å². The standard InChI is InChI=1S/C18H14F3N/c1-2-14(12-6-5-7-13(10-12)18(19,20)21)16-11-22-17-9-4-3-8-15(16)17/h2-11,14,22H,1H2. The first-order valence-corrected chi connectivity index (χ1v) is 6.86. The molecule has 4 heteroatoms. The summed E-state index contributed by atoms with van der Waals surface area (Å²) in [6.45, 7) is 3.80. The normalized spacial score (nSPS) is 13.2. The van der Waals surface area contributed by atoms with Crippen LogP contribution >= 0.6 is 0 Å². The predicted molar refractivity (Wildman–Crippen MR) is 81.8 cm³/mol. The highest BCUT2D eigenvalue weighted by atomic mass is 19.4. The smallest absolute Gasteiger partial charge is 0.361 e. The van der Waals surface area contributed by atoms with Crippen molar-refractivity contribution in [1.82, 2.24) is 4.98 Å². The van der Waals surface area contributed by atoms with E-state index in [1.165, 1.54) is 12.1 Å². The summed E-state index contributed by atoms with van der Waals surface area (Å²) in [5, 5.41) is 0.991. The largest absolute Gasteiger partial charge is 0.416 e. The zero-order valence-corrected chi connectivity index (χ0v) is 11.7. The second-order valence-electron chi connectivity index (χ2n) is 5.13. The van der Waals surface area contributed by atoms with Gasteiger partial charge in [-0.2, -0.15) is 13.2 Å². The summed E-state index contributed by atoms with van der Waals surface area (Å²) >= 11 is 0. The number of hydrogen-bond donors (Lipinski definition) is 1. The SMILES string of the molecule is C=CC(c1cccc(C(F)(F)F)c1)c1c[nH]c2ccccc12. The minimum atomic E-state index is -4.35. The Hall–Kier alpha value is -2.49. The first-order chi connectivity index (χ1) is 10.5. The molecule has 1 nitrogen and oxygen atoms in total. The van der Waals surface area contributed by atoms with Crippen LogP contribution in [-0.4, -0.2) is 4.98 Å². The summed E-state index contributed by atoms with van der Waals surface area (Å²) in [6.07, 6.45) is -0.843. The number of allylic oxidation sites excluding steroid dienone is 1. The highest BCUT2D eigenvalue weighted by molar-refractivity contribution is 5.84. The molecule has 0 aliphatic carbocycles. The van der Waals surface area contributed by atoms with Crippen molar-refractivity contribution in [3.63, 3.8) is 0 Å². The fourth-order valence-electron chi connectivity index (χ4n) is 2.70. The van der Waals surface area contributed by atoms with Gasteiger partial charge in [0.15, 0.2) is 0 Å². The molecule has 0 bridgehead atoms. The molecule has 0 fully saturated rings. The molecule has 0 aliphatic heterocycles. The number of aromatic amines is 1. The molecule has 112 valence electrons. The van der Waals surface area contributed by atoms with Gasteiger partial charge in [-0.3, -0.25) is 0 Å². The summed E-state index contributed by atoms with van der Waals surface area (Å²) in [6, 6.07) is 13.1. The van der Waals surface area contributed by atoms with Crippen LogP contribution in [0.5, 0.6) is 0 Å². The predicted octanol–water partition coefficient (Wildman–Crippen LogP) is 5.50. The molecular weight excluding hydrogens is 287 g/mol. The van der Waals surface area contributed by atoms with Crippen molar-refractivity contribution in [2.45, 2.75) is 12.1 Å². The van der Waals surface area contributed by atoms with Crippen molar-refractivity contribution in [2.24, 2.45) is 0 Å². The lowest BCUT2D eigenvalue weighted by molar-refractivity contribution is -0.137. The lowest BCUT2D eigenvalue weighted by atomic mass is 9.90. The summed E-state index contributed by atoms with van der Waals surface area (Å²) in [4.78, 5) is 3.15. The van der Waals surface area contributed by atoms with Gasteiger partial charge in [-0.15, -0.1) is 6.58 Å². The fourth-order valence-corrected chi connectivity index (χ4v) is 2.70. The van der Waals surface area contributed by atoms with E-state index in [-0.39, 0.29) is 5.92 Å². The van der Waals surface area contributed by atoms with Crippen LogP contribution in [0.15, 0.2) is 67.4 Å². The van der Waals surface area contributed by atoms with E-state index in [1.807, 2.05) is 30.5 Å². The highest BCUT2D eigenvalue weighted by Crippen LogP contribution is 2.35. The van der Waals surface area contributed by atoms with E-state index >= 15 is 0 Å². The number of aromatic nitrogens is 1. The van der Waals surface area contributed by atoms with Crippen LogP contribution in [-0.2, 0) is 6.18 Å². The van der Waals surface area contributed by atoms with Gasteiger partial charge >= 0.3 is 6.18 Å². The number of nitrogens with one attached hydrogen (secondary N) is 1. The van der Waals surface area contributed by atoms with Crippen LogP contribution in [0.1, 0.15) is 22.6 Å². The first-order valence-electron chi connectivity index (χ1n) is 6.86. The first kappa shape index (κ1) is 14.4. The summed E-state index contributed by atoms with van der Waals surface area (Å²) in [5.41, 5.74) is 1.81.